The van der Waals surface area contributed by atoms with Crippen molar-refractivity contribution in [1.29, 1.82) is 0 Å². The first-order valence-electron chi connectivity index (χ1n) is 4.37. The number of halogens is 1. The zero-order valence-electron chi connectivity index (χ0n) is 7.98. The number of nitrogens with zero attached hydrogens (tertiary/aromatic N) is 1. The van der Waals surface area contributed by atoms with Crippen molar-refractivity contribution in [3.05, 3.63) is 12.3 Å². The molecule has 1 rings (SSSR count). The lowest BCUT2D eigenvalue weighted by atomic mass is 10.3. The van der Waals surface area contributed by atoms with Crippen molar-refractivity contribution in [2.75, 3.05) is 31.1 Å². The number of rotatable bonds is 2. The van der Waals surface area contributed by atoms with Crippen LogP contribution in [0.4, 0.5) is 0 Å². The van der Waals surface area contributed by atoms with Gasteiger partial charge in [0.15, 0.2) is 0 Å². The molecule has 0 aromatic carbocycles. The van der Waals surface area contributed by atoms with Crippen LogP contribution in [0.3, 0.4) is 0 Å². The summed E-state index contributed by atoms with van der Waals surface area (Å²) in [7, 11) is 0. The fourth-order valence-electron chi connectivity index (χ4n) is 1.71. The molecule has 0 aliphatic carbocycles. The molecule has 1 saturated heterocycles. The second kappa shape index (κ2) is 5.50. The highest BCUT2D eigenvalue weighted by Crippen LogP contribution is 2.25. The van der Waals surface area contributed by atoms with Gasteiger partial charge in [-0.25, -0.2) is 0 Å². The van der Waals surface area contributed by atoms with Crippen LogP contribution in [0.25, 0.3) is 0 Å². The maximum absolute atomic E-state index is 4.16. The molecule has 12 heavy (non-hydrogen) atoms. The Morgan fingerprint density at radius 2 is 2.00 bits per heavy atom. The average molecular weight is 299 g/mol. The first-order valence-corrected chi connectivity index (χ1v) is 5.53. The molecule has 1 heterocycles. The van der Waals surface area contributed by atoms with Gasteiger partial charge in [-0.05, 0) is 20.4 Å². The van der Waals surface area contributed by atoms with E-state index in [0.717, 1.165) is 4.48 Å². The lowest BCUT2D eigenvalue weighted by Gasteiger charge is -2.40. The molecule has 0 radical (unpaired) electrons. The number of hydrogen-bond donors (Lipinski definition) is 0. The van der Waals surface area contributed by atoms with Gasteiger partial charge in [0.05, 0.1) is 25.4 Å². The molecule has 3 heteroatoms. The van der Waals surface area contributed by atoms with Gasteiger partial charge in [0.1, 0.15) is 5.70 Å². The average Bonchev–Trinajstić information content (AvgIpc) is 2.06. The Morgan fingerprint density at radius 3 is 2.33 bits per heavy atom. The summed E-state index contributed by atoms with van der Waals surface area (Å²) in [5.74, 6) is 2.47. The smallest absolute Gasteiger partial charge is 0.112 e. The molecule has 1 aliphatic heterocycles. The van der Waals surface area contributed by atoms with Gasteiger partial charge in [-0.15, -0.1) is 11.8 Å². The predicted molar refractivity (Wildman–Crippen MR) is 52.7 cm³/mol. The van der Waals surface area contributed by atoms with Crippen LogP contribution in [0.5, 0.6) is 0 Å². The molecule has 0 N–H and O–H groups in total. The van der Waals surface area contributed by atoms with Gasteiger partial charge in [-0.2, -0.15) is 0 Å². The van der Waals surface area contributed by atoms with E-state index in [1.807, 2.05) is 11.8 Å². The Labute approximate surface area is 97.2 Å². The van der Waals surface area contributed by atoms with Crippen molar-refractivity contribution >= 4 is 11.8 Å². The zero-order valence-corrected chi connectivity index (χ0v) is 11.0. The Morgan fingerprint density at radius 1 is 1.42 bits per heavy atom. The molecule has 0 aromatic heterocycles. The van der Waals surface area contributed by atoms with Crippen LogP contribution in [-0.4, -0.2) is 35.6 Å². The largest absolute Gasteiger partial charge is 1.00 e. The Balaban J connectivity index is 0.00000121. The molecular weight excluding hydrogens is 281 g/mol. The third-order valence-corrected chi connectivity index (χ3v) is 3.82. The van der Waals surface area contributed by atoms with Crippen LogP contribution in [0.15, 0.2) is 12.3 Å². The number of quaternary nitrogens is 1. The standard InChI is InChI=1S/C9H18NS.HI/c1-4-10(5-2)6-7-11-8-9(10)3;/h3-8H2,1-2H3;1H/q+1;/p-1. The SMILES string of the molecule is C=C1CSCC[N+]1(CC)CC.[I-]. The van der Waals surface area contributed by atoms with Crippen molar-refractivity contribution in [1.82, 2.24) is 0 Å². The van der Waals surface area contributed by atoms with Gasteiger partial charge in [0.2, 0.25) is 0 Å². The summed E-state index contributed by atoms with van der Waals surface area (Å²) in [5.41, 5.74) is 1.42. The van der Waals surface area contributed by atoms with E-state index < -0.39 is 0 Å². The van der Waals surface area contributed by atoms with Crippen molar-refractivity contribution in [2.24, 2.45) is 0 Å². The van der Waals surface area contributed by atoms with Crippen molar-refractivity contribution in [3.63, 3.8) is 0 Å². The fourth-order valence-corrected chi connectivity index (χ4v) is 2.84. The van der Waals surface area contributed by atoms with Crippen LogP contribution in [-0.2, 0) is 0 Å². The minimum atomic E-state index is 0. The maximum Gasteiger partial charge on any atom is 0.112 e. The van der Waals surface area contributed by atoms with E-state index in [9.17, 15) is 0 Å². The van der Waals surface area contributed by atoms with Crippen molar-refractivity contribution in [3.8, 4) is 0 Å². The second-order valence-electron chi connectivity index (χ2n) is 3.12. The summed E-state index contributed by atoms with van der Waals surface area (Å²) in [4.78, 5) is 0. The normalized spacial score (nSPS) is 21.7. The summed E-state index contributed by atoms with van der Waals surface area (Å²) in [6, 6.07) is 0. The summed E-state index contributed by atoms with van der Waals surface area (Å²) in [5, 5.41) is 0. The molecule has 1 aliphatic rings. The van der Waals surface area contributed by atoms with E-state index in [2.05, 4.69) is 20.4 Å². The van der Waals surface area contributed by atoms with E-state index >= 15 is 0 Å². The predicted octanol–water partition coefficient (Wildman–Crippen LogP) is -0.892. The fraction of sp³-hybridized carbons (Fsp3) is 0.778. The summed E-state index contributed by atoms with van der Waals surface area (Å²) in [6.07, 6.45) is 0. The van der Waals surface area contributed by atoms with Crippen molar-refractivity contribution < 1.29 is 28.5 Å². The highest BCUT2D eigenvalue weighted by Gasteiger charge is 2.30. The topological polar surface area (TPSA) is 0 Å². The Kier molecular flexibility index (Phi) is 5.85. The van der Waals surface area contributed by atoms with Crippen LogP contribution < -0.4 is 24.0 Å². The van der Waals surface area contributed by atoms with Crippen LogP contribution in [0.1, 0.15) is 13.8 Å². The highest BCUT2D eigenvalue weighted by molar-refractivity contribution is 7.99. The van der Waals surface area contributed by atoms with E-state index in [1.165, 1.54) is 36.8 Å². The number of hydrogen-bond acceptors (Lipinski definition) is 1. The van der Waals surface area contributed by atoms with Gasteiger partial charge >= 0.3 is 0 Å². The molecule has 0 amide bonds. The maximum atomic E-state index is 4.16. The first-order chi connectivity index (χ1) is 5.25. The lowest BCUT2D eigenvalue weighted by Crippen LogP contribution is -3.00. The molecule has 0 unspecified atom stereocenters. The van der Waals surface area contributed by atoms with E-state index in [-0.39, 0.29) is 24.0 Å². The van der Waals surface area contributed by atoms with Gasteiger partial charge in [0.25, 0.3) is 0 Å². The summed E-state index contributed by atoms with van der Waals surface area (Å²) in [6.45, 7) is 12.4. The molecule has 0 saturated carbocycles. The molecule has 0 spiro atoms. The van der Waals surface area contributed by atoms with E-state index in [4.69, 9.17) is 0 Å². The van der Waals surface area contributed by atoms with Gasteiger partial charge in [-0.3, -0.25) is 4.48 Å². The van der Waals surface area contributed by atoms with Gasteiger partial charge in [-0.1, -0.05) is 0 Å². The molecule has 1 fully saturated rings. The molecule has 1 nitrogen and oxygen atoms in total. The van der Waals surface area contributed by atoms with Crippen molar-refractivity contribution in [2.45, 2.75) is 13.8 Å². The lowest BCUT2D eigenvalue weighted by molar-refractivity contribution is -0.886. The molecule has 72 valence electrons. The Hall–Kier alpha value is 0.780. The summed E-state index contributed by atoms with van der Waals surface area (Å²) >= 11 is 2.02. The first kappa shape index (κ1) is 12.8. The zero-order chi connectivity index (χ0) is 8.32. The highest BCUT2D eigenvalue weighted by atomic mass is 127. The minimum absolute atomic E-state index is 0. The third kappa shape index (κ3) is 2.39. The van der Waals surface area contributed by atoms with E-state index in [1.54, 1.807) is 0 Å². The number of thioether (sulfide) groups is 1. The van der Waals surface area contributed by atoms with Gasteiger partial charge in [0, 0.05) is 5.75 Å². The minimum Gasteiger partial charge on any atom is -1.00 e. The van der Waals surface area contributed by atoms with Crippen LogP contribution in [0.2, 0.25) is 0 Å². The third-order valence-electron chi connectivity index (χ3n) is 2.81. The second-order valence-corrected chi connectivity index (χ2v) is 4.23. The van der Waals surface area contributed by atoms with E-state index in [0.29, 0.717) is 0 Å². The molecule has 0 atom stereocenters. The molecule has 0 bridgehead atoms. The molecular formula is C9H18INS. The summed E-state index contributed by atoms with van der Waals surface area (Å²) < 4.78 is 1.16. The quantitative estimate of drug-likeness (QED) is 0.471. The van der Waals surface area contributed by atoms with Gasteiger partial charge < -0.3 is 24.0 Å². The van der Waals surface area contributed by atoms with Crippen LogP contribution >= 0.6 is 11.8 Å². The van der Waals surface area contributed by atoms with Crippen LogP contribution in [0, 0.1) is 0 Å². The monoisotopic (exact) mass is 299 g/mol. The molecule has 0 aromatic rings. The Bertz CT molecular complexity index is 155.